The molecule has 0 radical (unpaired) electrons. The zero-order valence-electron chi connectivity index (χ0n) is 14.0. The zero-order chi connectivity index (χ0) is 17.9. The minimum Gasteiger partial charge on any atom is -0.488 e. The van der Waals surface area contributed by atoms with E-state index in [0.29, 0.717) is 30.4 Å². The van der Waals surface area contributed by atoms with E-state index in [1.54, 1.807) is 24.3 Å². The molecule has 2 heterocycles. The third kappa shape index (κ3) is 3.17. The lowest BCUT2D eigenvalue weighted by molar-refractivity contribution is 0.0976. The first-order chi connectivity index (χ1) is 12.7. The molecule has 130 valence electrons. The molecule has 1 fully saturated rings. The molecule has 6 nitrogen and oxygen atoms in total. The number of para-hydroxylation sites is 2. The van der Waals surface area contributed by atoms with Gasteiger partial charge in [0.2, 0.25) is 0 Å². The number of hydrogen-bond acceptors (Lipinski definition) is 5. The number of ether oxygens (including phenoxy) is 2. The second-order valence-corrected chi connectivity index (χ2v) is 6.19. The first-order valence-electron chi connectivity index (χ1n) is 8.47. The first kappa shape index (κ1) is 16.3. The number of carbonyl (C=O) groups is 1. The van der Waals surface area contributed by atoms with Gasteiger partial charge in [-0.2, -0.15) is 5.26 Å². The fraction of sp³-hybridized carbons (Fsp3) is 0.250. The Morgan fingerprint density at radius 3 is 2.77 bits per heavy atom. The van der Waals surface area contributed by atoms with Gasteiger partial charge in [-0.15, -0.1) is 0 Å². The maximum atomic E-state index is 12.8. The third-order valence-electron chi connectivity index (χ3n) is 4.40. The Morgan fingerprint density at radius 2 is 2.08 bits per heavy atom. The van der Waals surface area contributed by atoms with Gasteiger partial charge in [0.05, 0.1) is 30.3 Å². The Bertz CT molecular complexity index is 933. The Balaban J connectivity index is 1.54. The van der Waals surface area contributed by atoms with Crippen LogP contribution in [0.15, 0.2) is 48.5 Å². The molecule has 0 unspecified atom stereocenters. The molecular weight excluding hydrogens is 330 g/mol. The molecule has 1 aliphatic heterocycles. The van der Waals surface area contributed by atoms with Gasteiger partial charge < -0.3 is 14.5 Å². The van der Waals surface area contributed by atoms with E-state index in [1.807, 2.05) is 24.3 Å². The monoisotopic (exact) mass is 347 g/mol. The van der Waals surface area contributed by atoms with Crippen LogP contribution < -0.4 is 4.74 Å². The van der Waals surface area contributed by atoms with Crippen molar-refractivity contribution in [3.63, 3.8) is 0 Å². The highest BCUT2D eigenvalue weighted by Crippen LogP contribution is 2.23. The molecule has 0 bridgehead atoms. The van der Waals surface area contributed by atoms with Crippen LogP contribution in [0.25, 0.3) is 11.0 Å². The van der Waals surface area contributed by atoms with Gasteiger partial charge in [-0.25, -0.2) is 4.98 Å². The van der Waals surface area contributed by atoms with Gasteiger partial charge in [0, 0.05) is 12.0 Å². The van der Waals surface area contributed by atoms with E-state index in [4.69, 9.17) is 9.47 Å². The van der Waals surface area contributed by atoms with Crippen LogP contribution >= 0.6 is 0 Å². The van der Waals surface area contributed by atoms with Crippen LogP contribution in [0.5, 0.6) is 5.75 Å². The zero-order valence-corrected chi connectivity index (χ0v) is 14.0. The molecule has 4 rings (SSSR count). The largest absolute Gasteiger partial charge is 0.488 e. The highest BCUT2D eigenvalue weighted by atomic mass is 16.5. The number of nitriles is 1. The number of H-pyrrole nitrogens is 1. The summed E-state index contributed by atoms with van der Waals surface area (Å²) in [6, 6.07) is 16.4. The molecule has 6 heteroatoms. The van der Waals surface area contributed by atoms with Crippen LogP contribution in [0, 0.1) is 11.3 Å². The summed E-state index contributed by atoms with van der Waals surface area (Å²) in [4.78, 5) is 20.2. The molecule has 1 aliphatic rings. The highest BCUT2D eigenvalue weighted by Gasteiger charge is 2.25. The van der Waals surface area contributed by atoms with Gasteiger partial charge in [-0.05, 0) is 36.4 Å². The second-order valence-electron chi connectivity index (χ2n) is 6.19. The van der Waals surface area contributed by atoms with Crippen LogP contribution in [0.4, 0.5) is 0 Å². The molecule has 0 amide bonds. The normalized spacial score (nSPS) is 17.7. The molecule has 1 N–H and O–H groups in total. The molecule has 26 heavy (non-hydrogen) atoms. The number of benzene rings is 2. The number of imidazole rings is 1. The van der Waals surface area contributed by atoms with E-state index in [0.717, 1.165) is 17.5 Å². The van der Waals surface area contributed by atoms with Crippen molar-refractivity contribution in [2.75, 3.05) is 13.2 Å². The molecule has 0 spiro atoms. The summed E-state index contributed by atoms with van der Waals surface area (Å²) >= 11 is 0. The van der Waals surface area contributed by atoms with E-state index in [1.165, 1.54) is 0 Å². The van der Waals surface area contributed by atoms with Gasteiger partial charge >= 0.3 is 0 Å². The quantitative estimate of drug-likeness (QED) is 0.716. The number of carbonyl (C=O) groups excluding carboxylic acids is 1. The highest BCUT2D eigenvalue weighted by molar-refractivity contribution is 6.02. The lowest BCUT2D eigenvalue weighted by Gasteiger charge is -2.12. The van der Waals surface area contributed by atoms with Crippen molar-refractivity contribution < 1.29 is 14.3 Å². The van der Waals surface area contributed by atoms with E-state index in [-0.39, 0.29) is 11.9 Å². The van der Waals surface area contributed by atoms with Gasteiger partial charge in [-0.3, -0.25) is 4.79 Å². The fourth-order valence-electron chi connectivity index (χ4n) is 3.02. The molecule has 1 aromatic heterocycles. The maximum Gasteiger partial charge on any atom is 0.187 e. The average Bonchev–Trinajstić information content (AvgIpc) is 3.32. The summed E-state index contributed by atoms with van der Waals surface area (Å²) in [5, 5.41) is 9.51. The molecule has 2 atom stereocenters. The predicted octanol–water partition coefficient (Wildman–Crippen LogP) is 3.22. The number of aromatic amines is 1. The smallest absolute Gasteiger partial charge is 0.187 e. The lowest BCUT2D eigenvalue weighted by Crippen LogP contribution is -2.16. The van der Waals surface area contributed by atoms with Gasteiger partial charge in [0.1, 0.15) is 17.7 Å². The molecule has 0 aliphatic carbocycles. The molecule has 1 saturated heterocycles. The summed E-state index contributed by atoms with van der Waals surface area (Å²) in [6.07, 6.45) is 0.919. The molecule has 2 aromatic carbocycles. The van der Waals surface area contributed by atoms with Crippen molar-refractivity contribution >= 4 is 16.8 Å². The molecular formula is C20H17N3O3. The topological polar surface area (TPSA) is 88.0 Å². The molecule has 3 aromatic rings. The standard InChI is InChI=1S/C20H17N3O3/c21-11-16(20-22-17-3-1-2-4-18(17)23-20)19(24)13-5-7-14(8-6-13)26-15-9-10-25-12-15/h1-8,15-16H,9-10,12H2,(H,22,23)/t15-,16+/m1/s1. The van der Waals surface area contributed by atoms with E-state index < -0.39 is 5.92 Å². The van der Waals surface area contributed by atoms with Crippen molar-refractivity contribution in [3.05, 3.63) is 59.9 Å². The Morgan fingerprint density at radius 1 is 1.27 bits per heavy atom. The average molecular weight is 347 g/mol. The number of ketones is 1. The summed E-state index contributed by atoms with van der Waals surface area (Å²) in [6.45, 7) is 1.30. The van der Waals surface area contributed by atoms with Crippen molar-refractivity contribution in [1.29, 1.82) is 5.26 Å². The number of Topliss-reactive ketones (excluding diaryl/α,β-unsaturated/α-hetero) is 1. The number of nitrogens with one attached hydrogen (secondary N) is 1. The number of rotatable bonds is 5. The van der Waals surface area contributed by atoms with Gasteiger partial charge in [0.25, 0.3) is 0 Å². The summed E-state index contributed by atoms with van der Waals surface area (Å²) < 4.78 is 11.1. The maximum absolute atomic E-state index is 12.8. The molecule has 0 saturated carbocycles. The van der Waals surface area contributed by atoms with Crippen LogP contribution in [0.2, 0.25) is 0 Å². The van der Waals surface area contributed by atoms with E-state index in [9.17, 15) is 10.1 Å². The van der Waals surface area contributed by atoms with Crippen molar-refractivity contribution in [2.45, 2.75) is 18.4 Å². The van der Waals surface area contributed by atoms with Crippen LogP contribution in [0.3, 0.4) is 0 Å². The fourth-order valence-corrected chi connectivity index (χ4v) is 3.02. The van der Waals surface area contributed by atoms with Crippen molar-refractivity contribution in [1.82, 2.24) is 9.97 Å². The van der Waals surface area contributed by atoms with Crippen molar-refractivity contribution in [2.24, 2.45) is 0 Å². The number of fused-ring (bicyclic) bond motifs is 1. The van der Waals surface area contributed by atoms with Crippen LogP contribution in [-0.2, 0) is 4.74 Å². The van der Waals surface area contributed by atoms with E-state index in [2.05, 4.69) is 16.0 Å². The SMILES string of the molecule is N#C[C@@H](C(=O)c1ccc(O[C@@H]2CCOC2)cc1)c1nc2ccccc2[nH]1. The van der Waals surface area contributed by atoms with E-state index >= 15 is 0 Å². The van der Waals surface area contributed by atoms with Crippen LogP contribution in [0.1, 0.15) is 28.5 Å². The minimum atomic E-state index is -0.975. The Hall–Kier alpha value is -3.17. The Labute approximate surface area is 150 Å². The minimum absolute atomic E-state index is 0.0546. The summed E-state index contributed by atoms with van der Waals surface area (Å²) in [5.74, 6) is -0.212. The number of nitrogens with zero attached hydrogens (tertiary/aromatic N) is 2. The predicted molar refractivity (Wildman–Crippen MR) is 95.1 cm³/mol. The number of hydrogen-bond donors (Lipinski definition) is 1. The van der Waals surface area contributed by atoms with Crippen molar-refractivity contribution in [3.8, 4) is 11.8 Å². The summed E-state index contributed by atoms with van der Waals surface area (Å²) in [7, 11) is 0. The first-order valence-corrected chi connectivity index (χ1v) is 8.47. The third-order valence-corrected chi connectivity index (χ3v) is 4.40. The lowest BCUT2D eigenvalue weighted by atomic mass is 9.98. The number of aromatic nitrogens is 2. The van der Waals surface area contributed by atoms with Gasteiger partial charge in [-0.1, -0.05) is 12.1 Å². The van der Waals surface area contributed by atoms with Gasteiger partial charge in [0.15, 0.2) is 11.7 Å². The van der Waals surface area contributed by atoms with Crippen LogP contribution in [-0.4, -0.2) is 35.1 Å². The second kappa shape index (κ2) is 6.98. The summed E-state index contributed by atoms with van der Waals surface area (Å²) in [5.41, 5.74) is 1.99. The Kier molecular flexibility index (Phi) is 4.38.